The number of rotatable bonds is 6. The van der Waals surface area contributed by atoms with Crippen molar-refractivity contribution in [2.45, 2.75) is 84.2 Å². The molecule has 0 N–H and O–H groups in total. The van der Waals surface area contributed by atoms with Crippen LogP contribution in [0.1, 0.15) is 78.1 Å². The van der Waals surface area contributed by atoms with Crippen molar-refractivity contribution >= 4 is 0 Å². The number of fused-ring (bicyclic) bond motifs is 1. The van der Waals surface area contributed by atoms with Crippen molar-refractivity contribution in [3.8, 4) is 0 Å². The average molecular weight is 252 g/mol. The third kappa shape index (κ3) is 4.26. The number of ether oxygens (including phenoxy) is 1. The zero-order chi connectivity index (χ0) is 12.8. The van der Waals surface area contributed by atoms with Crippen LogP contribution in [0, 0.1) is 17.8 Å². The molecule has 0 radical (unpaired) electrons. The van der Waals surface area contributed by atoms with Gasteiger partial charge in [0.2, 0.25) is 0 Å². The summed E-state index contributed by atoms with van der Waals surface area (Å²) < 4.78 is 6.11. The highest BCUT2D eigenvalue weighted by Crippen LogP contribution is 2.43. The number of hydrogen-bond donors (Lipinski definition) is 0. The lowest BCUT2D eigenvalue weighted by atomic mass is 9.67. The lowest BCUT2D eigenvalue weighted by Crippen LogP contribution is -2.33. The number of unbranched alkanes of at least 4 members (excludes halogenated alkanes) is 3. The molecule has 106 valence electrons. The molecule has 0 saturated heterocycles. The second-order valence-corrected chi connectivity index (χ2v) is 6.80. The van der Waals surface area contributed by atoms with Gasteiger partial charge in [-0.25, -0.2) is 0 Å². The van der Waals surface area contributed by atoms with Gasteiger partial charge in [-0.3, -0.25) is 0 Å². The molecule has 0 spiro atoms. The molecule has 2 aliphatic carbocycles. The monoisotopic (exact) mass is 252 g/mol. The Morgan fingerprint density at radius 2 is 1.67 bits per heavy atom. The molecule has 0 aromatic rings. The van der Waals surface area contributed by atoms with E-state index in [1.807, 2.05) is 0 Å². The number of hydrogen-bond acceptors (Lipinski definition) is 1. The summed E-state index contributed by atoms with van der Waals surface area (Å²) in [6.07, 6.45) is 14.5. The van der Waals surface area contributed by atoms with E-state index < -0.39 is 0 Å². The third-order valence-electron chi connectivity index (χ3n) is 5.18. The minimum absolute atomic E-state index is 0.598. The van der Waals surface area contributed by atoms with Gasteiger partial charge >= 0.3 is 0 Å². The molecule has 2 fully saturated rings. The smallest absolute Gasteiger partial charge is 0.0578 e. The Balaban J connectivity index is 1.62. The lowest BCUT2D eigenvalue weighted by molar-refractivity contribution is -0.0193. The summed E-state index contributed by atoms with van der Waals surface area (Å²) in [5, 5.41) is 0. The van der Waals surface area contributed by atoms with Crippen molar-refractivity contribution in [1.29, 1.82) is 0 Å². The van der Waals surface area contributed by atoms with E-state index in [2.05, 4.69) is 13.8 Å². The molecule has 0 aliphatic heterocycles. The van der Waals surface area contributed by atoms with E-state index in [1.54, 1.807) is 0 Å². The Labute approximate surface area is 114 Å². The first kappa shape index (κ1) is 14.4. The van der Waals surface area contributed by atoms with Crippen LogP contribution >= 0.6 is 0 Å². The van der Waals surface area contributed by atoms with Crippen molar-refractivity contribution in [1.82, 2.24) is 0 Å². The van der Waals surface area contributed by atoms with Gasteiger partial charge in [-0.1, -0.05) is 39.5 Å². The fourth-order valence-corrected chi connectivity index (χ4v) is 4.01. The standard InChI is InChI=1S/C17H32O/c1-3-4-5-6-11-18-17-10-9-15-12-14(2)7-8-16(15)13-17/h14-17H,3-13H2,1-2H3. The molecule has 18 heavy (non-hydrogen) atoms. The molecule has 4 unspecified atom stereocenters. The lowest BCUT2D eigenvalue weighted by Gasteiger charge is -2.41. The largest absolute Gasteiger partial charge is 0.378 e. The predicted molar refractivity (Wildman–Crippen MR) is 77.7 cm³/mol. The Bertz CT molecular complexity index is 226. The maximum absolute atomic E-state index is 6.11. The van der Waals surface area contributed by atoms with Crippen LogP contribution in [-0.2, 0) is 4.74 Å². The van der Waals surface area contributed by atoms with E-state index in [-0.39, 0.29) is 0 Å². The first-order chi connectivity index (χ1) is 8.79. The molecule has 4 atom stereocenters. The van der Waals surface area contributed by atoms with E-state index in [9.17, 15) is 0 Å². The Hall–Kier alpha value is -0.0400. The SMILES string of the molecule is CCCCCCOC1CCC2CC(C)CCC2C1. The molecule has 0 aromatic carbocycles. The minimum Gasteiger partial charge on any atom is -0.378 e. The van der Waals surface area contributed by atoms with Gasteiger partial charge in [-0.05, 0) is 56.3 Å². The fraction of sp³-hybridized carbons (Fsp3) is 1.00. The van der Waals surface area contributed by atoms with Gasteiger partial charge in [0.25, 0.3) is 0 Å². The summed E-state index contributed by atoms with van der Waals surface area (Å²) >= 11 is 0. The van der Waals surface area contributed by atoms with Crippen molar-refractivity contribution in [2.75, 3.05) is 6.61 Å². The van der Waals surface area contributed by atoms with Gasteiger partial charge in [0.05, 0.1) is 6.10 Å². The zero-order valence-electron chi connectivity index (χ0n) is 12.5. The topological polar surface area (TPSA) is 9.23 Å². The Kier molecular flexibility index (Phi) is 6.01. The summed E-state index contributed by atoms with van der Waals surface area (Å²) in [6.45, 7) is 5.72. The van der Waals surface area contributed by atoms with Gasteiger partial charge in [0.15, 0.2) is 0 Å². The predicted octanol–water partition coefficient (Wildman–Crippen LogP) is 5.19. The highest BCUT2D eigenvalue weighted by atomic mass is 16.5. The van der Waals surface area contributed by atoms with Gasteiger partial charge in [-0.15, -0.1) is 0 Å². The van der Waals surface area contributed by atoms with E-state index in [0.29, 0.717) is 6.10 Å². The van der Waals surface area contributed by atoms with E-state index in [4.69, 9.17) is 4.74 Å². The molecule has 0 aromatic heterocycles. The zero-order valence-corrected chi connectivity index (χ0v) is 12.5. The van der Waals surface area contributed by atoms with Crippen molar-refractivity contribution in [2.24, 2.45) is 17.8 Å². The summed E-state index contributed by atoms with van der Waals surface area (Å²) in [5.41, 5.74) is 0. The fourth-order valence-electron chi connectivity index (χ4n) is 4.01. The minimum atomic E-state index is 0.598. The van der Waals surface area contributed by atoms with Crippen molar-refractivity contribution in [3.05, 3.63) is 0 Å². The summed E-state index contributed by atoms with van der Waals surface area (Å²) in [6, 6.07) is 0. The first-order valence-corrected chi connectivity index (χ1v) is 8.41. The van der Waals surface area contributed by atoms with Gasteiger partial charge in [-0.2, -0.15) is 0 Å². The third-order valence-corrected chi connectivity index (χ3v) is 5.18. The Morgan fingerprint density at radius 1 is 0.889 bits per heavy atom. The highest BCUT2D eigenvalue weighted by Gasteiger charge is 2.34. The summed E-state index contributed by atoms with van der Waals surface area (Å²) in [7, 11) is 0. The maximum atomic E-state index is 6.11. The van der Waals surface area contributed by atoms with Gasteiger partial charge in [0, 0.05) is 6.61 Å². The molecule has 0 bridgehead atoms. The summed E-state index contributed by atoms with van der Waals surface area (Å²) in [4.78, 5) is 0. The maximum Gasteiger partial charge on any atom is 0.0578 e. The Morgan fingerprint density at radius 3 is 2.50 bits per heavy atom. The second-order valence-electron chi connectivity index (χ2n) is 6.80. The molecule has 0 amide bonds. The second kappa shape index (κ2) is 7.53. The van der Waals surface area contributed by atoms with Crippen LogP contribution in [-0.4, -0.2) is 12.7 Å². The van der Waals surface area contributed by atoms with Gasteiger partial charge in [0.1, 0.15) is 0 Å². The van der Waals surface area contributed by atoms with Crippen LogP contribution in [0.3, 0.4) is 0 Å². The first-order valence-electron chi connectivity index (χ1n) is 8.41. The molecular formula is C17H32O. The molecule has 2 saturated carbocycles. The van der Waals surface area contributed by atoms with E-state index in [0.717, 1.165) is 24.4 Å². The van der Waals surface area contributed by atoms with Crippen LogP contribution in [0.25, 0.3) is 0 Å². The van der Waals surface area contributed by atoms with Crippen molar-refractivity contribution in [3.63, 3.8) is 0 Å². The van der Waals surface area contributed by atoms with Crippen LogP contribution in [0.4, 0.5) is 0 Å². The molecule has 0 heterocycles. The van der Waals surface area contributed by atoms with E-state index >= 15 is 0 Å². The molecular weight excluding hydrogens is 220 g/mol. The average Bonchev–Trinajstić information content (AvgIpc) is 2.38. The molecule has 1 nitrogen and oxygen atoms in total. The normalized spacial score (nSPS) is 36.3. The summed E-state index contributed by atoms with van der Waals surface area (Å²) in [5.74, 6) is 3.02. The molecule has 1 heteroatoms. The van der Waals surface area contributed by atoms with Crippen LogP contribution < -0.4 is 0 Å². The van der Waals surface area contributed by atoms with Crippen LogP contribution in [0.5, 0.6) is 0 Å². The van der Waals surface area contributed by atoms with Crippen molar-refractivity contribution < 1.29 is 4.74 Å². The molecule has 2 aliphatic rings. The van der Waals surface area contributed by atoms with Gasteiger partial charge < -0.3 is 4.74 Å². The van der Waals surface area contributed by atoms with Crippen LogP contribution in [0.2, 0.25) is 0 Å². The highest BCUT2D eigenvalue weighted by molar-refractivity contribution is 4.85. The molecule has 2 rings (SSSR count). The quantitative estimate of drug-likeness (QED) is 0.591. The van der Waals surface area contributed by atoms with Crippen LogP contribution in [0.15, 0.2) is 0 Å². The van der Waals surface area contributed by atoms with E-state index in [1.165, 1.54) is 64.2 Å².